The number of carbonyl (C=O) groups excluding carboxylic acids is 2. The SMILES string of the molecule is CCCC(=O)N[C@@H](Cc1c[nH]c2ccccc12)C(=O)N1CCc2ccccc2C1. The highest BCUT2D eigenvalue weighted by molar-refractivity contribution is 5.89. The van der Waals surface area contributed by atoms with Gasteiger partial charge < -0.3 is 15.2 Å². The number of hydrogen-bond donors (Lipinski definition) is 2. The van der Waals surface area contributed by atoms with Crippen LogP contribution in [0.1, 0.15) is 36.5 Å². The molecule has 29 heavy (non-hydrogen) atoms. The number of hydrogen-bond acceptors (Lipinski definition) is 2. The number of H-pyrrole nitrogens is 1. The van der Waals surface area contributed by atoms with Crippen molar-refractivity contribution in [3.05, 3.63) is 71.4 Å². The predicted octanol–water partition coefficient (Wildman–Crippen LogP) is 3.58. The molecule has 1 aliphatic rings. The molecule has 1 atom stereocenters. The standard InChI is InChI=1S/C24H27N3O2/c1-2-7-23(28)26-22(14-19-15-25-21-11-6-5-10-20(19)21)24(29)27-13-12-17-8-3-4-9-18(17)16-27/h3-6,8-11,15,22,25H,2,7,12-14,16H2,1H3,(H,26,28)/t22-/m0/s1. The van der Waals surface area contributed by atoms with Gasteiger partial charge >= 0.3 is 0 Å². The first-order valence-corrected chi connectivity index (χ1v) is 10.4. The number of nitrogens with zero attached hydrogens (tertiary/aromatic N) is 1. The highest BCUT2D eigenvalue weighted by Crippen LogP contribution is 2.22. The molecule has 0 aliphatic carbocycles. The molecule has 0 fully saturated rings. The lowest BCUT2D eigenvalue weighted by Gasteiger charge is -2.32. The van der Waals surface area contributed by atoms with E-state index >= 15 is 0 Å². The van der Waals surface area contributed by atoms with Gasteiger partial charge in [0.25, 0.3) is 0 Å². The van der Waals surface area contributed by atoms with Crippen molar-refractivity contribution in [2.75, 3.05) is 6.54 Å². The molecule has 150 valence electrons. The highest BCUT2D eigenvalue weighted by atomic mass is 16.2. The maximum absolute atomic E-state index is 13.4. The van der Waals surface area contributed by atoms with Crippen LogP contribution in [0.5, 0.6) is 0 Å². The number of carbonyl (C=O) groups is 2. The summed E-state index contributed by atoms with van der Waals surface area (Å²) in [7, 11) is 0. The molecule has 2 N–H and O–H groups in total. The van der Waals surface area contributed by atoms with Gasteiger partial charge in [0, 0.05) is 43.0 Å². The summed E-state index contributed by atoms with van der Waals surface area (Å²) in [6.07, 6.45) is 4.47. The zero-order valence-corrected chi connectivity index (χ0v) is 16.8. The van der Waals surface area contributed by atoms with Gasteiger partial charge in [-0.1, -0.05) is 49.4 Å². The van der Waals surface area contributed by atoms with E-state index in [-0.39, 0.29) is 11.8 Å². The maximum atomic E-state index is 13.4. The first-order chi connectivity index (χ1) is 14.2. The minimum atomic E-state index is -0.557. The van der Waals surface area contributed by atoms with Gasteiger partial charge in [0.2, 0.25) is 11.8 Å². The largest absolute Gasteiger partial charge is 0.361 e. The smallest absolute Gasteiger partial charge is 0.245 e. The normalized spacial score (nSPS) is 14.4. The Balaban J connectivity index is 1.56. The second-order valence-corrected chi connectivity index (χ2v) is 7.71. The number of rotatable bonds is 6. The van der Waals surface area contributed by atoms with Crippen LogP contribution in [-0.4, -0.2) is 34.3 Å². The number of amides is 2. The number of fused-ring (bicyclic) bond motifs is 2. The van der Waals surface area contributed by atoms with Gasteiger partial charge in [-0.3, -0.25) is 9.59 Å². The molecular formula is C24H27N3O2. The first-order valence-electron chi connectivity index (χ1n) is 10.4. The fraction of sp³-hybridized carbons (Fsp3) is 0.333. The van der Waals surface area contributed by atoms with Crippen LogP contribution >= 0.6 is 0 Å². The Morgan fingerprint density at radius 2 is 1.86 bits per heavy atom. The predicted molar refractivity (Wildman–Crippen MR) is 114 cm³/mol. The lowest BCUT2D eigenvalue weighted by molar-refractivity contribution is -0.137. The van der Waals surface area contributed by atoms with Gasteiger partial charge in [0.05, 0.1) is 0 Å². The van der Waals surface area contributed by atoms with Crippen molar-refractivity contribution < 1.29 is 9.59 Å². The zero-order chi connectivity index (χ0) is 20.2. The van der Waals surface area contributed by atoms with Crippen molar-refractivity contribution in [1.82, 2.24) is 15.2 Å². The van der Waals surface area contributed by atoms with Crippen LogP contribution in [0.25, 0.3) is 10.9 Å². The van der Waals surface area contributed by atoms with Crippen molar-refractivity contribution in [1.29, 1.82) is 0 Å². The van der Waals surface area contributed by atoms with Crippen LogP contribution in [0.3, 0.4) is 0 Å². The van der Waals surface area contributed by atoms with E-state index in [1.165, 1.54) is 11.1 Å². The molecule has 1 aliphatic heterocycles. The van der Waals surface area contributed by atoms with Gasteiger partial charge in [0.15, 0.2) is 0 Å². The molecule has 2 amide bonds. The Hall–Kier alpha value is -3.08. The Kier molecular flexibility index (Phi) is 5.65. The summed E-state index contributed by atoms with van der Waals surface area (Å²) in [5, 5.41) is 4.09. The van der Waals surface area contributed by atoms with Gasteiger partial charge in [-0.2, -0.15) is 0 Å². The Morgan fingerprint density at radius 1 is 1.10 bits per heavy atom. The monoisotopic (exact) mass is 389 g/mol. The molecule has 0 saturated heterocycles. The summed E-state index contributed by atoms with van der Waals surface area (Å²) in [6, 6.07) is 15.8. The molecule has 0 spiro atoms. The van der Waals surface area contributed by atoms with Crippen molar-refractivity contribution >= 4 is 22.7 Å². The van der Waals surface area contributed by atoms with Crippen LogP contribution in [0.4, 0.5) is 0 Å². The van der Waals surface area contributed by atoms with Crippen molar-refractivity contribution in [2.24, 2.45) is 0 Å². The molecule has 0 saturated carbocycles. The third kappa shape index (κ3) is 4.19. The van der Waals surface area contributed by atoms with Gasteiger partial charge in [0.1, 0.15) is 6.04 Å². The van der Waals surface area contributed by atoms with E-state index in [2.05, 4.69) is 22.4 Å². The summed E-state index contributed by atoms with van der Waals surface area (Å²) >= 11 is 0. The van der Waals surface area contributed by atoms with Crippen LogP contribution in [0, 0.1) is 0 Å². The summed E-state index contributed by atoms with van der Waals surface area (Å²) in [6.45, 7) is 3.25. The Morgan fingerprint density at radius 3 is 2.69 bits per heavy atom. The fourth-order valence-corrected chi connectivity index (χ4v) is 4.12. The molecule has 0 bridgehead atoms. The minimum absolute atomic E-state index is 0.00534. The van der Waals surface area contributed by atoms with E-state index in [1.807, 2.05) is 54.4 Å². The van der Waals surface area contributed by atoms with Crippen molar-refractivity contribution in [3.8, 4) is 0 Å². The van der Waals surface area contributed by atoms with Crippen molar-refractivity contribution in [2.45, 2.75) is 45.2 Å². The van der Waals surface area contributed by atoms with Gasteiger partial charge in [-0.15, -0.1) is 0 Å². The minimum Gasteiger partial charge on any atom is -0.361 e. The number of aromatic nitrogens is 1. The van der Waals surface area contributed by atoms with E-state index in [0.717, 1.165) is 29.3 Å². The summed E-state index contributed by atoms with van der Waals surface area (Å²) in [5.41, 5.74) is 4.59. The Labute approximate surface area is 171 Å². The second-order valence-electron chi connectivity index (χ2n) is 7.71. The van der Waals surface area contributed by atoms with E-state index in [4.69, 9.17) is 0 Å². The number of benzene rings is 2. The quantitative estimate of drug-likeness (QED) is 0.677. The molecule has 0 unspecified atom stereocenters. The lowest BCUT2D eigenvalue weighted by atomic mass is 9.98. The summed E-state index contributed by atoms with van der Waals surface area (Å²) in [5.74, 6) is -0.0719. The maximum Gasteiger partial charge on any atom is 0.245 e. The van der Waals surface area contributed by atoms with Gasteiger partial charge in [-0.25, -0.2) is 0 Å². The summed E-state index contributed by atoms with van der Waals surface area (Å²) < 4.78 is 0. The van der Waals surface area contributed by atoms with E-state index in [0.29, 0.717) is 25.9 Å². The average Bonchev–Trinajstić information content (AvgIpc) is 3.15. The summed E-state index contributed by atoms with van der Waals surface area (Å²) in [4.78, 5) is 30.9. The topological polar surface area (TPSA) is 65.2 Å². The molecule has 1 aromatic heterocycles. The number of aromatic amines is 1. The average molecular weight is 389 g/mol. The molecule has 0 radical (unpaired) electrons. The van der Waals surface area contributed by atoms with E-state index in [1.54, 1.807) is 0 Å². The fourth-order valence-electron chi connectivity index (χ4n) is 4.12. The van der Waals surface area contributed by atoms with Crippen LogP contribution in [0.2, 0.25) is 0 Å². The van der Waals surface area contributed by atoms with E-state index < -0.39 is 6.04 Å². The molecule has 4 rings (SSSR count). The van der Waals surface area contributed by atoms with Crippen LogP contribution < -0.4 is 5.32 Å². The molecule has 5 nitrogen and oxygen atoms in total. The molecule has 2 heterocycles. The van der Waals surface area contributed by atoms with Crippen molar-refractivity contribution in [3.63, 3.8) is 0 Å². The Bertz CT molecular complexity index is 1020. The number of para-hydroxylation sites is 1. The third-order valence-corrected chi connectivity index (χ3v) is 5.65. The highest BCUT2D eigenvalue weighted by Gasteiger charge is 2.29. The first kappa shape index (κ1) is 19.2. The lowest BCUT2D eigenvalue weighted by Crippen LogP contribution is -2.50. The third-order valence-electron chi connectivity index (χ3n) is 5.65. The molecular weight excluding hydrogens is 362 g/mol. The van der Waals surface area contributed by atoms with Gasteiger partial charge in [-0.05, 0) is 35.6 Å². The molecule has 5 heteroatoms. The number of nitrogens with one attached hydrogen (secondary N) is 2. The second kappa shape index (κ2) is 8.52. The van der Waals surface area contributed by atoms with Crippen LogP contribution in [-0.2, 0) is 29.0 Å². The molecule has 2 aromatic carbocycles. The zero-order valence-electron chi connectivity index (χ0n) is 16.8. The molecule has 3 aromatic rings. The van der Waals surface area contributed by atoms with E-state index in [9.17, 15) is 9.59 Å². The van der Waals surface area contributed by atoms with Crippen LogP contribution in [0.15, 0.2) is 54.7 Å².